The Kier molecular flexibility index (Phi) is 3.94. The third-order valence-corrected chi connectivity index (χ3v) is 4.33. The lowest BCUT2D eigenvalue weighted by atomic mass is 9.55. The van der Waals surface area contributed by atoms with Gasteiger partial charge in [-0.15, -0.1) is 0 Å². The van der Waals surface area contributed by atoms with E-state index in [-0.39, 0.29) is 16.9 Å². The molecule has 1 heterocycles. The number of rotatable bonds is 3. The first-order valence-electron chi connectivity index (χ1n) is 7.38. The van der Waals surface area contributed by atoms with Crippen molar-refractivity contribution in [1.82, 2.24) is 10.6 Å². The van der Waals surface area contributed by atoms with Crippen LogP contribution in [0.25, 0.3) is 0 Å². The second-order valence-electron chi connectivity index (χ2n) is 7.58. The quantitative estimate of drug-likeness (QED) is 0.819. The number of carbonyl (C=O) groups is 1. The Hall–Kier alpha value is -0.610. The van der Waals surface area contributed by atoms with Gasteiger partial charge in [0.15, 0.2) is 0 Å². The lowest BCUT2D eigenvalue weighted by Crippen LogP contribution is -2.70. The Morgan fingerprint density at radius 2 is 2.05 bits per heavy atom. The molecule has 3 unspecified atom stereocenters. The molecule has 4 nitrogen and oxygen atoms in total. The summed E-state index contributed by atoms with van der Waals surface area (Å²) in [6.45, 7) is 11.8. The van der Waals surface area contributed by atoms with Gasteiger partial charge in [0, 0.05) is 29.5 Å². The zero-order chi connectivity index (χ0) is 14.3. The van der Waals surface area contributed by atoms with Crippen molar-refractivity contribution in [2.45, 2.75) is 65.1 Å². The molecule has 0 aromatic carbocycles. The van der Waals surface area contributed by atoms with Gasteiger partial charge in [-0.05, 0) is 33.6 Å². The highest BCUT2D eigenvalue weighted by atomic mass is 16.5. The third kappa shape index (κ3) is 3.11. The molecule has 1 amide bonds. The van der Waals surface area contributed by atoms with Crippen LogP contribution in [0.3, 0.4) is 0 Å². The van der Waals surface area contributed by atoms with Crippen LogP contribution in [0.4, 0.5) is 0 Å². The molecule has 3 atom stereocenters. The molecule has 0 radical (unpaired) electrons. The highest BCUT2D eigenvalue weighted by molar-refractivity contribution is 5.78. The molecule has 1 saturated heterocycles. The molecule has 2 aliphatic rings. The zero-order valence-electron chi connectivity index (χ0n) is 12.9. The number of fused-ring (bicyclic) bond motifs is 1. The van der Waals surface area contributed by atoms with E-state index in [1.807, 2.05) is 20.8 Å². The van der Waals surface area contributed by atoms with Crippen molar-refractivity contribution >= 4 is 5.91 Å². The van der Waals surface area contributed by atoms with E-state index >= 15 is 0 Å². The molecule has 0 aromatic heterocycles. The summed E-state index contributed by atoms with van der Waals surface area (Å²) in [7, 11) is 0. The van der Waals surface area contributed by atoms with E-state index in [2.05, 4.69) is 24.5 Å². The maximum absolute atomic E-state index is 11.9. The molecule has 110 valence electrons. The Balaban J connectivity index is 1.84. The van der Waals surface area contributed by atoms with Gasteiger partial charge in [-0.25, -0.2) is 0 Å². The van der Waals surface area contributed by atoms with Crippen molar-refractivity contribution in [2.75, 3.05) is 13.2 Å². The molecule has 2 rings (SSSR count). The highest BCUT2D eigenvalue weighted by Crippen LogP contribution is 2.51. The first-order valence-corrected chi connectivity index (χ1v) is 7.38. The fourth-order valence-corrected chi connectivity index (χ4v) is 3.60. The summed E-state index contributed by atoms with van der Waals surface area (Å²) >= 11 is 0. The largest absolute Gasteiger partial charge is 0.377 e. The van der Waals surface area contributed by atoms with Crippen LogP contribution < -0.4 is 10.6 Å². The molecule has 2 fully saturated rings. The van der Waals surface area contributed by atoms with Crippen LogP contribution in [0.5, 0.6) is 0 Å². The predicted octanol–water partition coefficient (Wildman–Crippen LogP) is 1.69. The van der Waals surface area contributed by atoms with Gasteiger partial charge in [0.1, 0.15) is 0 Å². The fourth-order valence-electron chi connectivity index (χ4n) is 3.60. The van der Waals surface area contributed by atoms with Crippen molar-refractivity contribution in [2.24, 2.45) is 11.3 Å². The second kappa shape index (κ2) is 5.06. The highest BCUT2D eigenvalue weighted by Gasteiger charge is 2.57. The molecule has 0 bridgehead atoms. The molecular formula is C15H28N2O2. The Morgan fingerprint density at radius 1 is 1.37 bits per heavy atom. The minimum absolute atomic E-state index is 0.0727. The minimum Gasteiger partial charge on any atom is -0.377 e. The van der Waals surface area contributed by atoms with Gasteiger partial charge in [0.2, 0.25) is 5.91 Å². The lowest BCUT2D eigenvalue weighted by molar-refractivity contribution is -0.192. The van der Waals surface area contributed by atoms with E-state index in [1.165, 1.54) is 6.42 Å². The van der Waals surface area contributed by atoms with E-state index in [4.69, 9.17) is 4.74 Å². The summed E-state index contributed by atoms with van der Waals surface area (Å²) in [6.07, 6.45) is 2.72. The molecule has 4 heteroatoms. The maximum atomic E-state index is 11.9. The molecular weight excluding hydrogens is 240 g/mol. The smallest absolute Gasteiger partial charge is 0.234 e. The predicted molar refractivity (Wildman–Crippen MR) is 75.9 cm³/mol. The molecule has 1 aliphatic heterocycles. The van der Waals surface area contributed by atoms with Gasteiger partial charge < -0.3 is 15.4 Å². The molecule has 2 N–H and O–H groups in total. The SMILES string of the molecule is CC(C)(C)NC(=O)CNC1C2CCCOC2C1(C)C. The van der Waals surface area contributed by atoms with Gasteiger partial charge in [-0.1, -0.05) is 13.8 Å². The Labute approximate surface area is 116 Å². The van der Waals surface area contributed by atoms with Crippen molar-refractivity contribution in [3.63, 3.8) is 0 Å². The van der Waals surface area contributed by atoms with Crippen LogP contribution >= 0.6 is 0 Å². The molecule has 0 spiro atoms. The maximum Gasteiger partial charge on any atom is 0.234 e. The van der Waals surface area contributed by atoms with Gasteiger partial charge in [0.05, 0.1) is 12.6 Å². The van der Waals surface area contributed by atoms with Crippen LogP contribution in [0.2, 0.25) is 0 Å². The van der Waals surface area contributed by atoms with E-state index in [0.29, 0.717) is 24.6 Å². The van der Waals surface area contributed by atoms with Crippen LogP contribution in [-0.4, -0.2) is 36.7 Å². The number of nitrogens with one attached hydrogen (secondary N) is 2. The van der Waals surface area contributed by atoms with E-state index in [0.717, 1.165) is 13.0 Å². The van der Waals surface area contributed by atoms with E-state index in [1.54, 1.807) is 0 Å². The number of carbonyl (C=O) groups excluding carboxylic acids is 1. The van der Waals surface area contributed by atoms with Crippen LogP contribution in [0.1, 0.15) is 47.5 Å². The number of ether oxygens (including phenoxy) is 1. The third-order valence-electron chi connectivity index (χ3n) is 4.33. The number of hydrogen-bond donors (Lipinski definition) is 2. The van der Waals surface area contributed by atoms with Crippen molar-refractivity contribution in [3.05, 3.63) is 0 Å². The van der Waals surface area contributed by atoms with Gasteiger partial charge in [-0.2, -0.15) is 0 Å². The first-order chi connectivity index (χ1) is 8.72. The normalized spacial score (nSPS) is 33.2. The molecule has 1 aliphatic carbocycles. The summed E-state index contributed by atoms with van der Waals surface area (Å²) in [6, 6.07) is 0.392. The zero-order valence-corrected chi connectivity index (χ0v) is 12.9. The summed E-state index contributed by atoms with van der Waals surface area (Å²) in [5, 5.41) is 6.43. The number of hydrogen-bond acceptors (Lipinski definition) is 3. The Morgan fingerprint density at radius 3 is 2.68 bits per heavy atom. The van der Waals surface area contributed by atoms with E-state index in [9.17, 15) is 4.79 Å². The van der Waals surface area contributed by atoms with Gasteiger partial charge >= 0.3 is 0 Å². The minimum atomic E-state index is -0.162. The van der Waals surface area contributed by atoms with Crippen molar-refractivity contribution < 1.29 is 9.53 Å². The lowest BCUT2D eigenvalue weighted by Gasteiger charge is -2.60. The summed E-state index contributed by atoms with van der Waals surface area (Å²) in [4.78, 5) is 11.9. The van der Waals surface area contributed by atoms with E-state index < -0.39 is 0 Å². The summed E-state index contributed by atoms with van der Waals surface area (Å²) in [5.74, 6) is 0.648. The topological polar surface area (TPSA) is 50.4 Å². The van der Waals surface area contributed by atoms with Crippen molar-refractivity contribution in [1.29, 1.82) is 0 Å². The fraction of sp³-hybridized carbons (Fsp3) is 0.933. The molecule has 0 aromatic rings. The van der Waals surface area contributed by atoms with Crippen LogP contribution in [-0.2, 0) is 9.53 Å². The van der Waals surface area contributed by atoms with Crippen LogP contribution in [0.15, 0.2) is 0 Å². The standard InChI is InChI=1S/C15H28N2O2/c1-14(2,3)17-11(18)9-16-12-10-7-6-8-19-13(10)15(12,4)5/h10,12-13,16H,6-9H2,1-5H3,(H,17,18). The summed E-state index contributed by atoms with van der Waals surface area (Å²) in [5.41, 5.74) is -0.0303. The first kappa shape index (κ1) is 14.8. The average Bonchev–Trinajstić information content (AvgIpc) is 2.26. The Bertz CT molecular complexity index is 347. The monoisotopic (exact) mass is 268 g/mol. The second-order valence-corrected chi connectivity index (χ2v) is 7.58. The summed E-state index contributed by atoms with van der Waals surface area (Å²) < 4.78 is 5.87. The average molecular weight is 268 g/mol. The molecule has 1 saturated carbocycles. The molecule has 19 heavy (non-hydrogen) atoms. The van der Waals surface area contributed by atoms with Gasteiger partial charge in [0.25, 0.3) is 0 Å². The van der Waals surface area contributed by atoms with Crippen molar-refractivity contribution in [3.8, 4) is 0 Å². The van der Waals surface area contributed by atoms with Gasteiger partial charge in [-0.3, -0.25) is 4.79 Å². The number of amides is 1. The van der Waals surface area contributed by atoms with Crippen LogP contribution in [0, 0.1) is 11.3 Å².